The van der Waals surface area contributed by atoms with Gasteiger partial charge < -0.3 is 10.4 Å². The number of hydrogen-bond donors (Lipinski definition) is 2. The lowest BCUT2D eigenvalue weighted by Crippen LogP contribution is -2.15. The summed E-state index contributed by atoms with van der Waals surface area (Å²) in [7, 11) is 0. The van der Waals surface area contributed by atoms with Crippen LogP contribution in [0, 0.1) is 5.41 Å². The Morgan fingerprint density at radius 3 is 2.28 bits per heavy atom. The van der Waals surface area contributed by atoms with Gasteiger partial charge in [-0.05, 0) is 36.5 Å². The summed E-state index contributed by atoms with van der Waals surface area (Å²) in [4.78, 5) is 11.7. The van der Waals surface area contributed by atoms with Crippen LogP contribution >= 0.6 is 0 Å². The van der Waals surface area contributed by atoms with E-state index in [9.17, 15) is 9.90 Å². The fraction of sp³-hybridized carbons (Fsp3) is 0.533. The molecule has 0 aliphatic heterocycles. The maximum atomic E-state index is 11.7. The van der Waals surface area contributed by atoms with E-state index in [1.54, 1.807) is 6.92 Å². The third-order valence-electron chi connectivity index (χ3n) is 2.78. The minimum atomic E-state index is -0.476. The zero-order valence-corrected chi connectivity index (χ0v) is 11.7. The van der Waals surface area contributed by atoms with Gasteiger partial charge in [0.05, 0.1) is 6.10 Å². The summed E-state index contributed by atoms with van der Waals surface area (Å²) in [6.07, 6.45) is 0.919. The van der Waals surface area contributed by atoms with Crippen LogP contribution in [0.1, 0.15) is 52.2 Å². The first-order valence-corrected chi connectivity index (χ1v) is 6.36. The van der Waals surface area contributed by atoms with E-state index in [4.69, 9.17) is 0 Å². The molecule has 0 heterocycles. The van der Waals surface area contributed by atoms with Crippen molar-refractivity contribution in [2.75, 3.05) is 5.32 Å². The zero-order valence-electron chi connectivity index (χ0n) is 11.7. The Bertz CT molecular complexity index is 388. The molecule has 0 bridgehead atoms. The largest absolute Gasteiger partial charge is 0.389 e. The van der Waals surface area contributed by atoms with Gasteiger partial charge in [0.1, 0.15) is 0 Å². The number of benzene rings is 1. The Morgan fingerprint density at radius 1 is 1.28 bits per heavy atom. The van der Waals surface area contributed by atoms with Crippen molar-refractivity contribution in [2.45, 2.75) is 46.6 Å². The van der Waals surface area contributed by atoms with Crippen molar-refractivity contribution in [1.82, 2.24) is 0 Å². The van der Waals surface area contributed by atoms with E-state index < -0.39 is 6.10 Å². The van der Waals surface area contributed by atoms with Crippen LogP contribution in [0.15, 0.2) is 24.3 Å². The fourth-order valence-electron chi connectivity index (χ4n) is 1.56. The van der Waals surface area contributed by atoms with Crippen LogP contribution in [0.2, 0.25) is 0 Å². The number of carbonyl (C=O) groups excluding carboxylic acids is 1. The Labute approximate surface area is 109 Å². The van der Waals surface area contributed by atoms with Crippen molar-refractivity contribution in [1.29, 1.82) is 0 Å². The molecule has 0 spiro atoms. The maximum absolute atomic E-state index is 11.7. The van der Waals surface area contributed by atoms with Gasteiger partial charge in [-0.15, -0.1) is 0 Å². The highest BCUT2D eigenvalue weighted by Crippen LogP contribution is 2.21. The SMILES string of the molecule is CC(O)c1ccc(NC(=O)CCC(C)(C)C)cc1. The molecule has 0 saturated carbocycles. The van der Waals surface area contributed by atoms with Crippen LogP contribution in [0.5, 0.6) is 0 Å². The highest BCUT2D eigenvalue weighted by molar-refractivity contribution is 5.90. The van der Waals surface area contributed by atoms with Gasteiger partial charge in [-0.1, -0.05) is 32.9 Å². The number of anilines is 1. The number of rotatable bonds is 4. The number of hydrogen-bond acceptors (Lipinski definition) is 2. The monoisotopic (exact) mass is 249 g/mol. The lowest BCUT2D eigenvalue weighted by molar-refractivity contribution is -0.116. The Kier molecular flexibility index (Phi) is 4.91. The molecule has 1 aromatic carbocycles. The molecule has 3 nitrogen and oxygen atoms in total. The molecule has 0 fully saturated rings. The number of carbonyl (C=O) groups is 1. The second-order valence-corrected chi connectivity index (χ2v) is 5.91. The molecule has 0 saturated heterocycles. The summed E-state index contributed by atoms with van der Waals surface area (Å²) >= 11 is 0. The van der Waals surface area contributed by atoms with Crippen LogP contribution in [0.4, 0.5) is 5.69 Å². The van der Waals surface area contributed by atoms with Crippen LogP contribution in [0.25, 0.3) is 0 Å². The molecule has 100 valence electrons. The van der Waals surface area contributed by atoms with Gasteiger partial charge in [-0.3, -0.25) is 4.79 Å². The van der Waals surface area contributed by atoms with Crippen molar-refractivity contribution in [3.05, 3.63) is 29.8 Å². The van der Waals surface area contributed by atoms with Gasteiger partial charge in [-0.2, -0.15) is 0 Å². The molecular formula is C15H23NO2. The smallest absolute Gasteiger partial charge is 0.224 e. The lowest BCUT2D eigenvalue weighted by Gasteiger charge is -2.17. The lowest BCUT2D eigenvalue weighted by atomic mass is 9.90. The van der Waals surface area contributed by atoms with Crippen LogP contribution in [-0.2, 0) is 4.79 Å². The van der Waals surface area contributed by atoms with Gasteiger partial charge >= 0.3 is 0 Å². The first-order valence-electron chi connectivity index (χ1n) is 6.36. The summed E-state index contributed by atoms with van der Waals surface area (Å²) in [5, 5.41) is 12.2. The summed E-state index contributed by atoms with van der Waals surface area (Å²) in [5.41, 5.74) is 1.80. The molecule has 0 aromatic heterocycles. The summed E-state index contributed by atoms with van der Waals surface area (Å²) in [6, 6.07) is 7.28. The molecule has 2 N–H and O–H groups in total. The van der Waals surface area contributed by atoms with E-state index in [1.165, 1.54) is 0 Å². The van der Waals surface area contributed by atoms with Crippen molar-refractivity contribution < 1.29 is 9.90 Å². The number of aliphatic hydroxyl groups excluding tert-OH is 1. The molecule has 18 heavy (non-hydrogen) atoms. The van der Waals surface area contributed by atoms with E-state index >= 15 is 0 Å². The average molecular weight is 249 g/mol. The van der Waals surface area contributed by atoms with E-state index in [2.05, 4.69) is 26.1 Å². The maximum Gasteiger partial charge on any atom is 0.224 e. The highest BCUT2D eigenvalue weighted by atomic mass is 16.3. The first kappa shape index (κ1) is 14.7. The Hall–Kier alpha value is -1.35. The molecule has 3 heteroatoms. The first-order chi connectivity index (χ1) is 8.28. The molecule has 0 aliphatic carbocycles. The fourth-order valence-corrected chi connectivity index (χ4v) is 1.56. The number of nitrogens with one attached hydrogen (secondary N) is 1. The normalized spacial score (nSPS) is 13.2. The summed E-state index contributed by atoms with van der Waals surface area (Å²) in [5.74, 6) is 0.0368. The van der Waals surface area contributed by atoms with Gasteiger partial charge in [0.15, 0.2) is 0 Å². The van der Waals surface area contributed by atoms with Crippen molar-refractivity contribution >= 4 is 11.6 Å². The van der Waals surface area contributed by atoms with Crippen LogP contribution in [0.3, 0.4) is 0 Å². The van der Waals surface area contributed by atoms with Gasteiger partial charge in [0.25, 0.3) is 0 Å². The van der Waals surface area contributed by atoms with Gasteiger partial charge in [0.2, 0.25) is 5.91 Å². The second kappa shape index (κ2) is 6.01. The number of aliphatic hydroxyl groups is 1. The predicted octanol–water partition coefficient (Wildman–Crippen LogP) is 3.50. The number of amides is 1. The van der Waals surface area contributed by atoms with Crippen molar-refractivity contribution in [3.63, 3.8) is 0 Å². The molecule has 1 aromatic rings. The Morgan fingerprint density at radius 2 is 1.83 bits per heavy atom. The summed E-state index contributed by atoms with van der Waals surface area (Å²) in [6.45, 7) is 8.09. The Balaban J connectivity index is 2.50. The minimum Gasteiger partial charge on any atom is -0.389 e. The van der Waals surface area contributed by atoms with Crippen LogP contribution in [-0.4, -0.2) is 11.0 Å². The molecule has 1 atom stereocenters. The quantitative estimate of drug-likeness (QED) is 0.858. The molecule has 1 rings (SSSR count). The van der Waals surface area contributed by atoms with E-state index in [0.717, 1.165) is 17.7 Å². The minimum absolute atomic E-state index is 0.0368. The predicted molar refractivity (Wildman–Crippen MR) is 74.4 cm³/mol. The van der Waals surface area contributed by atoms with Crippen molar-refractivity contribution in [3.8, 4) is 0 Å². The molecule has 1 amide bonds. The molecule has 0 aliphatic rings. The molecular weight excluding hydrogens is 226 g/mol. The summed E-state index contributed by atoms with van der Waals surface area (Å²) < 4.78 is 0. The zero-order chi connectivity index (χ0) is 13.8. The topological polar surface area (TPSA) is 49.3 Å². The second-order valence-electron chi connectivity index (χ2n) is 5.91. The van der Waals surface area contributed by atoms with Gasteiger partial charge in [0, 0.05) is 12.1 Å². The van der Waals surface area contributed by atoms with E-state index in [1.807, 2.05) is 24.3 Å². The standard InChI is InChI=1S/C15H23NO2/c1-11(17)12-5-7-13(8-6-12)16-14(18)9-10-15(2,3)4/h5-8,11,17H,9-10H2,1-4H3,(H,16,18). The third-order valence-corrected chi connectivity index (χ3v) is 2.78. The molecule has 1 unspecified atom stereocenters. The van der Waals surface area contributed by atoms with Gasteiger partial charge in [-0.25, -0.2) is 0 Å². The van der Waals surface area contributed by atoms with Crippen LogP contribution < -0.4 is 5.32 Å². The third kappa shape index (κ3) is 5.32. The average Bonchev–Trinajstić information content (AvgIpc) is 2.26. The van der Waals surface area contributed by atoms with E-state index in [0.29, 0.717) is 6.42 Å². The van der Waals surface area contributed by atoms with E-state index in [-0.39, 0.29) is 11.3 Å². The van der Waals surface area contributed by atoms with Crippen molar-refractivity contribution in [2.24, 2.45) is 5.41 Å². The molecule has 0 radical (unpaired) electrons. The highest BCUT2D eigenvalue weighted by Gasteiger charge is 2.12.